The summed E-state index contributed by atoms with van der Waals surface area (Å²) in [4.78, 5) is 24.9. The Morgan fingerprint density at radius 1 is 1.41 bits per heavy atom. The Kier molecular flexibility index (Phi) is 4.90. The van der Waals surface area contributed by atoms with Gasteiger partial charge in [-0.25, -0.2) is 0 Å². The van der Waals surface area contributed by atoms with Crippen molar-refractivity contribution in [2.24, 2.45) is 7.05 Å². The van der Waals surface area contributed by atoms with Crippen LogP contribution in [-0.2, 0) is 7.05 Å². The van der Waals surface area contributed by atoms with Gasteiger partial charge in [-0.15, -0.1) is 0 Å². The predicted octanol–water partition coefficient (Wildman–Crippen LogP) is 0.230. The van der Waals surface area contributed by atoms with Gasteiger partial charge in [-0.1, -0.05) is 6.92 Å². The van der Waals surface area contributed by atoms with Crippen LogP contribution in [0.5, 0.6) is 0 Å². The topological polar surface area (TPSA) is 62.5 Å². The fourth-order valence-electron chi connectivity index (χ4n) is 1.61. The number of amides is 1. The predicted molar refractivity (Wildman–Crippen MR) is 65.0 cm³/mol. The molecule has 0 saturated heterocycles. The van der Waals surface area contributed by atoms with Crippen molar-refractivity contribution in [2.45, 2.75) is 13.3 Å². The number of nitrogens with zero attached hydrogens (tertiary/aromatic N) is 2. The van der Waals surface area contributed by atoms with Gasteiger partial charge in [0.25, 0.3) is 5.91 Å². The average Bonchev–Trinajstić information content (AvgIpc) is 2.31. The Labute approximate surface area is 100 Å². The van der Waals surface area contributed by atoms with E-state index in [9.17, 15) is 9.59 Å². The van der Waals surface area contributed by atoms with Crippen LogP contribution in [0.4, 0.5) is 0 Å². The van der Waals surface area contributed by atoms with Gasteiger partial charge in [0.2, 0.25) is 5.56 Å². The Morgan fingerprint density at radius 3 is 2.65 bits per heavy atom. The fraction of sp³-hybridized carbons (Fsp3) is 0.500. The van der Waals surface area contributed by atoms with Crippen LogP contribution in [0.1, 0.15) is 23.7 Å². The molecule has 1 heterocycles. The molecule has 1 rings (SSSR count). The molecule has 0 aliphatic heterocycles. The van der Waals surface area contributed by atoms with Crippen molar-refractivity contribution >= 4 is 5.91 Å². The van der Waals surface area contributed by atoms with E-state index in [0.29, 0.717) is 18.7 Å². The quantitative estimate of drug-likeness (QED) is 0.798. The molecule has 0 fully saturated rings. The van der Waals surface area contributed by atoms with E-state index in [-0.39, 0.29) is 18.1 Å². The summed E-state index contributed by atoms with van der Waals surface area (Å²) in [5, 5.41) is 8.91. The number of rotatable bonds is 5. The molecule has 0 spiro atoms. The minimum Gasteiger partial charge on any atom is -0.395 e. The first-order valence-corrected chi connectivity index (χ1v) is 5.67. The van der Waals surface area contributed by atoms with Gasteiger partial charge in [0.15, 0.2) is 0 Å². The van der Waals surface area contributed by atoms with Crippen LogP contribution in [0.2, 0.25) is 0 Å². The first kappa shape index (κ1) is 13.4. The van der Waals surface area contributed by atoms with Gasteiger partial charge < -0.3 is 14.6 Å². The zero-order valence-electron chi connectivity index (χ0n) is 10.2. The fourth-order valence-corrected chi connectivity index (χ4v) is 1.61. The van der Waals surface area contributed by atoms with Crippen molar-refractivity contribution in [2.75, 3.05) is 19.7 Å². The number of pyridine rings is 1. The highest BCUT2D eigenvalue weighted by atomic mass is 16.3. The van der Waals surface area contributed by atoms with Crippen molar-refractivity contribution in [3.63, 3.8) is 0 Å². The van der Waals surface area contributed by atoms with Crippen molar-refractivity contribution < 1.29 is 9.90 Å². The van der Waals surface area contributed by atoms with Crippen LogP contribution in [0.3, 0.4) is 0 Å². The molecule has 0 atom stereocenters. The molecule has 0 radical (unpaired) electrons. The van der Waals surface area contributed by atoms with Crippen LogP contribution in [0.25, 0.3) is 0 Å². The molecule has 0 saturated carbocycles. The van der Waals surface area contributed by atoms with Gasteiger partial charge in [0, 0.05) is 32.4 Å². The lowest BCUT2D eigenvalue weighted by atomic mass is 10.2. The second kappa shape index (κ2) is 6.20. The first-order valence-electron chi connectivity index (χ1n) is 5.67. The highest BCUT2D eigenvalue weighted by Gasteiger charge is 2.14. The molecule has 94 valence electrons. The lowest BCUT2D eigenvalue weighted by Gasteiger charge is -2.21. The molecule has 0 unspecified atom stereocenters. The molecule has 1 N–H and O–H groups in total. The van der Waals surface area contributed by atoms with E-state index < -0.39 is 0 Å². The summed E-state index contributed by atoms with van der Waals surface area (Å²) in [5.74, 6) is -0.156. The highest BCUT2D eigenvalue weighted by molar-refractivity contribution is 5.93. The van der Waals surface area contributed by atoms with Crippen molar-refractivity contribution in [1.29, 1.82) is 0 Å². The summed E-state index contributed by atoms with van der Waals surface area (Å²) in [6.45, 7) is 2.83. The van der Waals surface area contributed by atoms with Gasteiger partial charge in [-0.2, -0.15) is 0 Å². The van der Waals surface area contributed by atoms with Crippen molar-refractivity contribution in [3.8, 4) is 0 Å². The van der Waals surface area contributed by atoms with Gasteiger partial charge in [-0.05, 0) is 12.5 Å². The number of aromatic nitrogens is 1. The molecular formula is C12H18N2O3. The van der Waals surface area contributed by atoms with Crippen molar-refractivity contribution in [3.05, 3.63) is 34.2 Å². The van der Waals surface area contributed by atoms with Crippen LogP contribution in [0, 0.1) is 0 Å². The van der Waals surface area contributed by atoms with E-state index in [0.717, 1.165) is 6.42 Å². The van der Waals surface area contributed by atoms with Gasteiger partial charge in [0.05, 0.1) is 12.2 Å². The van der Waals surface area contributed by atoms with Gasteiger partial charge >= 0.3 is 0 Å². The molecule has 0 bridgehead atoms. The summed E-state index contributed by atoms with van der Waals surface area (Å²) >= 11 is 0. The molecule has 5 heteroatoms. The second-order valence-corrected chi connectivity index (χ2v) is 3.88. The summed E-state index contributed by atoms with van der Waals surface area (Å²) in [6.07, 6.45) is 2.35. The Balaban J connectivity index is 2.92. The molecule has 0 aliphatic carbocycles. The lowest BCUT2D eigenvalue weighted by molar-refractivity contribution is 0.0721. The minimum atomic E-state index is -0.156. The van der Waals surface area contributed by atoms with E-state index in [4.69, 9.17) is 5.11 Å². The molecule has 17 heavy (non-hydrogen) atoms. The second-order valence-electron chi connectivity index (χ2n) is 3.88. The average molecular weight is 238 g/mol. The van der Waals surface area contributed by atoms with E-state index in [1.165, 1.54) is 22.9 Å². The normalized spacial score (nSPS) is 10.3. The molecule has 0 aromatic carbocycles. The van der Waals surface area contributed by atoms with Crippen molar-refractivity contribution in [1.82, 2.24) is 9.47 Å². The van der Waals surface area contributed by atoms with E-state index >= 15 is 0 Å². The third-order valence-corrected chi connectivity index (χ3v) is 2.48. The van der Waals surface area contributed by atoms with E-state index in [1.807, 2.05) is 6.92 Å². The molecule has 1 amide bonds. The Bertz CT molecular complexity index is 434. The Morgan fingerprint density at radius 2 is 2.12 bits per heavy atom. The molecular weight excluding hydrogens is 220 g/mol. The van der Waals surface area contributed by atoms with Crippen LogP contribution in [-0.4, -0.2) is 40.2 Å². The standard InChI is InChI=1S/C12H18N2O3/c1-3-6-14(7-8-15)12(17)10-4-5-11(16)13(2)9-10/h4-5,9,15H,3,6-8H2,1-2H3. The molecule has 0 aliphatic rings. The maximum Gasteiger partial charge on any atom is 0.255 e. The number of hydrogen-bond acceptors (Lipinski definition) is 3. The SMILES string of the molecule is CCCN(CCO)C(=O)c1ccc(=O)n(C)c1. The summed E-state index contributed by atoms with van der Waals surface area (Å²) in [7, 11) is 1.61. The number of hydrogen-bond donors (Lipinski definition) is 1. The molecule has 1 aromatic rings. The number of aliphatic hydroxyl groups is 1. The maximum atomic E-state index is 12.1. The van der Waals surface area contributed by atoms with Crippen LogP contribution >= 0.6 is 0 Å². The van der Waals surface area contributed by atoms with E-state index in [1.54, 1.807) is 11.9 Å². The summed E-state index contributed by atoms with van der Waals surface area (Å²) in [5.41, 5.74) is 0.319. The highest BCUT2D eigenvalue weighted by Crippen LogP contribution is 2.03. The number of aliphatic hydroxyl groups excluding tert-OH is 1. The number of carbonyl (C=O) groups excluding carboxylic acids is 1. The third-order valence-electron chi connectivity index (χ3n) is 2.48. The van der Waals surface area contributed by atoms with Crippen LogP contribution < -0.4 is 5.56 Å². The Hall–Kier alpha value is -1.62. The smallest absolute Gasteiger partial charge is 0.255 e. The van der Waals surface area contributed by atoms with Gasteiger partial charge in [0.1, 0.15) is 0 Å². The molecule has 5 nitrogen and oxygen atoms in total. The zero-order chi connectivity index (χ0) is 12.8. The van der Waals surface area contributed by atoms with Gasteiger partial charge in [-0.3, -0.25) is 9.59 Å². The molecule has 1 aromatic heterocycles. The third kappa shape index (κ3) is 3.42. The zero-order valence-corrected chi connectivity index (χ0v) is 10.2. The summed E-state index contributed by atoms with van der Waals surface area (Å²) < 4.78 is 1.37. The first-order chi connectivity index (χ1) is 8.10. The largest absolute Gasteiger partial charge is 0.395 e. The van der Waals surface area contributed by atoms with E-state index in [2.05, 4.69) is 0 Å². The monoisotopic (exact) mass is 238 g/mol. The lowest BCUT2D eigenvalue weighted by Crippen LogP contribution is -2.35. The minimum absolute atomic E-state index is 0.0580. The number of aryl methyl sites for hydroxylation is 1. The summed E-state index contributed by atoms with van der Waals surface area (Å²) in [6, 6.07) is 2.89. The van der Waals surface area contributed by atoms with Crippen LogP contribution in [0.15, 0.2) is 23.1 Å². The maximum absolute atomic E-state index is 12.1. The number of carbonyl (C=O) groups is 1.